The molecule has 6 heteroatoms. The van der Waals surface area contributed by atoms with Gasteiger partial charge in [0.25, 0.3) is 5.91 Å². The van der Waals surface area contributed by atoms with E-state index in [1.807, 2.05) is 30.3 Å². The number of nitrogens with zero attached hydrogens (tertiary/aromatic N) is 2. The van der Waals surface area contributed by atoms with Crippen LogP contribution < -0.4 is 10.6 Å². The quantitative estimate of drug-likeness (QED) is 0.641. The number of nitrogens with one attached hydrogen (secondary N) is 2. The largest absolute Gasteiger partial charge is 0.363 e. The molecule has 1 aliphatic rings. The second kappa shape index (κ2) is 7.76. The molecule has 5 nitrogen and oxygen atoms in total. The number of carbonyl (C=O) groups excluding carboxylic acids is 1. The van der Waals surface area contributed by atoms with Gasteiger partial charge in [-0.25, -0.2) is 14.4 Å². The van der Waals surface area contributed by atoms with Crippen molar-refractivity contribution < 1.29 is 9.18 Å². The fourth-order valence-corrected chi connectivity index (χ4v) is 2.96. The molecule has 4 rings (SSSR count). The summed E-state index contributed by atoms with van der Waals surface area (Å²) in [5.41, 5.74) is 2.17. The van der Waals surface area contributed by atoms with Gasteiger partial charge in [-0.3, -0.25) is 4.79 Å². The number of anilines is 2. The summed E-state index contributed by atoms with van der Waals surface area (Å²) < 4.78 is 13.0. The fourth-order valence-electron chi connectivity index (χ4n) is 2.96. The summed E-state index contributed by atoms with van der Waals surface area (Å²) in [6, 6.07) is 15.0. The molecule has 28 heavy (non-hydrogen) atoms. The van der Waals surface area contributed by atoms with Crippen molar-refractivity contribution in [1.82, 2.24) is 9.97 Å². The maximum Gasteiger partial charge on any atom is 0.255 e. The van der Waals surface area contributed by atoms with E-state index >= 15 is 0 Å². The molecule has 1 saturated carbocycles. The van der Waals surface area contributed by atoms with Crippen LogP contribution in [-0.2, 0) is 0 Å². The van der Waals surface area contributed by atoms with E-state index in [0.717, 1.165) is 17.2 Å². The van der Waals surface area contributed by atoms with Gasteiger partial charge < -0.3 is 10.6 Å². The van der Waals surface area contributed by atoms with Gasteiger partial charge in [0.2, 0.25) is 0 Å². The van der Waals surface area contributed by atoms with E-state index in [4.69, 9.17) is 0 Å². The zero-order chi connectivity index (χ0) is 19.5. The van der Waals surface area contributed by atoms with Crippen molar-refractivity contribution in [1.29, 1.82) is 0 Å². The van der Waals surface area contributed by atoms with Crippen molar-refractivity contribution in [2.24, 2.45) is 0 Å². The molecule has 1 atom stereocenters. The van der Waals surface area contributed by atoms with Gasteiger partial charge in [0.1, 0.15) is 17.5 Å². The van der Waals surface area contributed by atoms with Crippen molar-refractivity contribution in [3.8, 4) is 0 Å². The van der Waals surface area contributed by atoms with Crippen molar-refractivity contribution in [3.63, 3.8) is 0 Å². The van der Waals surface area contributed by atoms with Gasteiger partial charge in [-0.2, -0.15) is 0 Å². The lowest BCUT2D eigenvalue weighted by Gasteiger charge is -2.16. The van der Waals surface area contributed by atoms with Crippen LogP contribution in [0.25, 0.3) is 0 Å². The van der Waals surface area contributed by atoms with Crippen LogP contribution in [0.5, 0.6) is 0 Å². The predicted octanol–water partition coefficient (Wildman–Crippen LogP) is 4.92. The van der Waals surface area contributed by atoms with E-state index in [-0.39, 0.29) is 17.8 Å². The third kappa shape index (κ3) is 4.34. The molecule has 1 heterocycles. The SMILES string of the molecule is CC(Nc1ccnc(C2CC2)n1)c1ccc(NC(=O)c2ccc(F)cc2)cc1. The van der Waals surface area contributed by atoms with Crippen LogP contribution in [-0.4, -0.2) is 15.9 Å². The van der Waals surface area contributed by atoms with Crippen LogP contribution in [0, 0.1) is 5.82 Å². The monoisotopic (exact) mass is 376 g/mol. The van der Waals surface area contributed by atoms with Crippen LogP contribution in [0.3, 0.4) is 0 Å². The molecule has 2 aromatic carbocycles. The molecule has 2 N–H and O–H groups in total. The topological polar surface area (TPSA) is 66.9 Å². The van der Waals surface area contributed by atoms with Gasteiger partial charge in [0.05, 0.1) is 0 Å². The van der Waals surface area contributed by atoms with Crippen LogP contribution in [0.4, 0.5) is 15.9 Å². The molecule has 0 aliphatic heterocycles. The summed E-state index contributed by atoms with van der Waals surface area (Å²) in [7, 11) is 0. The number of benzene rings is 2. The summed E-state index contributed by atoms with van der Waals surface area (Å²) in [6.45, 7) is 2.06. The molecule has 3 aromatic rings. The molecular formula is C22H21FN4O. The maximum absolute atomic E-state index is 13.0. The van der Waals surface area contributed by atoms with Crippen molar-refractivity contribution in [2.75, 3.05) is 10.6 Å². The van der Waals surface area contributed by atoms with Gasteiger partial charge in [0, 0.05) is 29.4 Å². The van der Waals surface area contributed by atoms with Crippen LogP contribution in [0.2, 0.25) is 0 Å². The van der Waals surface area contributed by atoms with Gasteiger partial charge >= 0.3 is 0 Å². The highest BCUT2D eigenvalue weighted by Crippen LogP contribution is 2.38. The lowest BCUT2D eigenvalue weighted by molar-refractivity contribution is 0.102. The van der Waals surface area contributed by atoms with E-state index in [9.17, 15) is 9.18 Å². The first-order chi connectivity index (χ1) is 13.6. The molecule has 1 aliphatic carbocycles. The third-order valence-corrected chi connectivity index (χ3v) is 4.76. The Morgan fingerprint density at radius 2 is 1.79 bits per heavy atom. The second-order valence-corrected chi connectivity index (χ2v) is 7.02. The van der Waals surface area contributed by atoms with E-state index in [1.54, 1.807) is 6.20 Å². The Bertz CT molecular complexity index is 969. The minimum absolute atomic E-state index is 0.0591. The minimum Gasteiger partial charge on any atom is -0.363 e. The van der Waals surface area contributed by atoms with E-state index in [1.165, 1.54) is 37.1 Å². The third-order valence-electron chi connectivity index (χ3n) is 4.76. The lowest BCUT2D eigenvalue weighted by atomic mass is 10.1. The summed E-state index contributed by atoms with van der Waals surface area (Å²) in [5.74, 6) is 1.61. The number of hydrogen-bond acceptors (Lipinski definition) is 4. The molecule has 1 fully saturated rings. The molecule has 0 bridgehead atoms. The van der Waals surface area contributed by atoms with Crippen molar-refractivity contribution >= 4 is 17.4 Å². The number of hydrogen-bond donors (Lipinski definition) is 2. The maximum atomic E-state index is 13.0. The first kappa shape index (κ1) is 18.1. The molecule has 1 amide bonds. The highest BCUT2D eigenvalue weighted by atomic mass is 19.1. The van der Waals surface area contributed by atoms with Gasteiger partial charge in [-0.1, -0.05) is 12.1 Å². The van der Waals surface area contributed by atoms with Crippen molar-refractivity contribution in [2.45, 2.75) is 31.7 Å². The summed E-state index contributed by atoms with van der Waals surface area (Å²) in [4.78, 5) is 21.1. The predicted molar refractivity (Wildman–Crippen MR) is 107 cm³/mol. The number of aromatic nitrogens is 2. The minimum atomic E-state index is -0.365. The first-order valence-electron chi connectivity index (χ1n) is 9.35. The van der Waals surface area contributed by atoms with E-state index in [2.05, 4.69) is 27.5 Å². The summed E-state index contributed by atoms with van der Waals surface area (Å²) >= 11 is 0. The molecular weight excluding hydrogens is 355 g/mol. The van der Waals surface area contributed by atoms with Crippen LogP contribution >= 0.6 is 0 Å². The highest BCUT2D eigenvalue weighted by Gasteiger charge is 2.26. The molecule has 0 spiro atoms. The average molecular weight is 376 g/mol. The van der Waals surface area contributed by atoms with E-state index in [0.29, 0.717) is 17.2 Å². The molecule has 1 aromatic heterocycles. The lowest BCUT2D eigenvalue weighted by Crippen LogP contribution is -2.12. The molecule has 0 saturated heterocycles. The van der Waals surface area contributed by atoms with Crippen molar-refractivity contribution in [3.05, 3.63) is 83.6 Å². The fraction of sp³-hybridized carbons (Fsp3) is 0.227. The molecule has 142 valence electrons. The molecule has 0 radical (unpaired) electrons. The standard InChI is InChI=1S/C22H21FN4O/c1-14(25-20-12-13-24-21(27-20)16-2-3-16)15-6-10-19(11-7-15)26-22(28)17-4-8-18(23)9-5-17/h4-14,16H,2-3H2,1H3,(H,26,28)(H,24,25,27). The molecule has 1 unspecified atom stereocenters. The zero-order valence-corrected chi connectivity index (χ0v) is 15.5. The smallest absolute Gasteiger partial charge is 0.255 e. The Hall–Kier alpha value is -3.28. The zero-order valence-electron chi connectivity index (χ0n) is 15.5. The average Bonchev–Trinajstić information content (AvgIpc) is 3.54. The Labute approximate surface area is 163 Å². The Kier molecular flexibility index (Phi) is 5.02. The van der Waals surface area contributed by atoms with Gasteiger partial charge in [-0.05, 0) is 67.8 Å². The normalized spacial score (nSPS) is 14.4. The Morgan fingerprint density at radius 3 is 2.46 bits per heavy atom. The number of halogens is 1. The summed E-state index contributed by atoms with van der Waals surface area (Å²) in [5, 5.41) is 6.22. The first-order valence-corrected chi connectivity index (χ1v) is 9.35. The second-order valence-electron chi connectivity index (χ2n) is 7.02. The highest BCUT2D eigenvalue weighted by molar-refractivity contribution is 6.04. The van der Waals surface area contributed by atoms with E-state index < -0.39 is 0 Å². The summed E-state index contributed by atoms with van der Waals surface area (Å²) in [6.07, 6.45) is 4.14. The van der Waals surface area contributed by atoms with Gasteiger partial charge in [-0.15, -0.1) is 0 Å². The van der Waals surface area contributed by atoms with Crippen LogP contribution in [0.1, 0.15) is 53.5 Å². The Balaban J connectivity index is 1.38. The number of carbonyl (C=O) groups is 1. The number of rotatable bonds is 6. The van der Waals surface area contributed by atoms with Crippen LogP contribution in [0.15, 0.2) is 60.8 Å². The van der Waals surface area contributed by atoms with Gasteiger partial charge in [0.15, 0.2) is 0 Å². The Morgan fingerprint density at radius 1 is 1.07 bits per heavy atom. The number of amides is 1.